The van der Waals surface area contributed by atoms with Crippen LogP contribution >= 0.6 is 0 Å². The molecule has 1 saturated carbocycles. The minimum atomic E-state index is -0.662. The Kier molecular flexibility index (Phi) is 6.27. The van der Waals surface area contributed by atoms with Crippen molar-refractivity contribution in [1.82, 2.24) is 5.32 Å². The highest BCUT2D eigenvalue weighted by molar-refractivity contribution is 5.86. The van der Waals surface area contributed by atoms with Gasteiger partial charge in [0.05, 0.1) is 5.54 Å². The lowest BCUT2D eigenvalue weighted by Crippen LogP contribution is -2.56. The highest BCUT2D eigenvalue weighted by atomic mass is 16.3. The fraction of sp³-hybridized carbons (Fsp3) is 0.933. The van der Waals surface area contributed by atoms with Crippen LogP contribution in [0.4, 0.5) is 0 Å². The first kappa shape index (κ1) is 16.4. The Morgan fingerprint density at radius 1 is 1.26 bits per heavy atom. The predicted molar refractivity (Wildman–Crippen MR) is 77.7 cm³/mol. The van der Waals surface area contributed by atoms with Gasteiger partial charge >= 0.3 is 0 Å². The van der Waals surface area contributed by atoms with Crippen LogP contribution in [0.3, 0.4) is 0 Å². The van der Waals surface area contributed by atoms with Crippen LogP contribution < -0.4 is 11.1 Å². The molecule has 0 atom stereocenters. The van der Waals surface area contributed by atoms with E-state index in [2.05, 4.69) is 19.2 Å². The van der Waals surface area contributed by atoms with Gasteiger partial charge in [0.25, 0.3) is 0 Å². The normalized spacial score (nSPS) is 19.2. The van der Waals surface area contributed by atoms with E-state index in [-0.39, 0.29) is 17.9 Å². The number of nitrogens with one attached hydrogen (secondary N) is 1. The second kappa shape index (κ2) is 7.25. The van der Waals surface area contributed by atoms with Crippen molar-refractivity contribution < 1.29 is 9.90 Å². The number of hydrogen-bond donors (Lipinski definition) is 3. The fourth-order valence-electron chi connectivity index (χ4n) is 3.03. The van der Waals surface area contributed by atoms with E-state index in [1.54, 1.807) is 0 Å². The monoisotopic (exact) mass is 270 g/mol. The summed E-state index contributed by atoms with van der Waals surface area (Å²) < 4.78 is 0. The van der Waals surface area contributed by atoms with E-state index in [9.17, 15) is 9.90 Å². The van der Waals surface area contributed by atoms with Crippen LogP contribution in [0, 0.1) is 5.41 Å². The number of carbonyl (C=O) groups is 1. The van der Waals surface area contributed by atoms with Gasteiger partial charge < -0.3 is 16.2 Å². The molecule has 4 N–H and O–H groups in total. The van der Waals surface area contributed by atoms with E-state index in [1.165, 1.54) is 6.42 Å². The number of hydrogen-bond acceptors (Lipinski definition) is 3. The molecular weight excluding hydrogens is 240 g/mol. The third-order valence-electron chi connectivity index (χ3n) is 4.96. The lowest BCUT2D eigenvalue weighted by molar-refractivity contribution is -0.128. The predicted octanol–water partition coefficient (Wildman–Crippen LogP) is 1.95. The molecule has 4 nitrogen and oxygen atoms in total. The highest BCUT2D eigenvalue weighted by Crippen LogP contribution is 2.30. The van der Waals surface area contributed by atoms with Gasteiger partial charge in [0.2, 0.25) is 5.91 Å². The van der Waals surface area contributed by atoms with Crippen LogP contribution in [-0.2, 0) is 4.79 Å². The van der Waals surface area contributed by atoms with E-state index < -0.39 is 5.54 Å². The summed E-state index contributed by atoms with van der Waals surface area (Å²) in [5.74, 6) is -0.00332. The third kappa shape index (κ3) is 4.18. The second-order valence-corrected chi connectivity index (χ2v) is 6.08. The van der Waals surface area contributed by atoms with Crippen LogP contribution in [0.25, 0.3) is 0 Å². The molecule has 0 heterocycles. The Balaban J connectivity index is 2.56. The number of amides is 1. The topological polar surface area (TPSA) is 75.3 Å². The van der Waals surface area contributed by atoms with E-state index in [4.69, 9.17) is 5.73 Å². The first-order valence-electron chi connectivity index (χ1n) is 7.70. The Labute approximate surface area is 117 Å². The molecule has 0 spiro atoms. The molecule has 1 aliphatic carbocycles. The molecule has 0 bridgehead atoms. The molecule has 0 aromatic carbocycles. The molecule has 0 aliphatic heterocycles. The Morgan fingerprint density at radius 2 is 1.84 bits per heavy atom. The summed E-state index contributed by atoms with van der Waals surface area (Å²) in [5.41, 5.74) is 5.57. The number of nitrogens with two attached hydrogens (primary N) is 1. The first-order chi connectivity index (χ1) is 9.02. The van der Waals surface area contributed by atoms with Crippen LogP contribution in [0.15, 0.2) is 0 Å². The summed E-state index contributed by atoms with van der Waals surface area (Å²) in [6.45, 7) is 5.03. The fourth-order valence-corrected chi connectivity index (χ4v) is 3.03. The Morgan fingerprint density at radius 3 is 2.32 bits per heavy atom. The Hall–Kier alpha value is -0.610. The summed E-state index contributed by atoms with van der Waals surface area (Å²) in [6.07, 6.45) is 7.53. The van der Waals surface area contributed by atoms with Gasteiger partial charge in [-0.3, -0.25) is 4.79 Å². The van der Waals surface area contributed by atoms with E-state index in [1.807, 2.05) is 0 Å². The van der Waals surface area contributed by atoms with Gasteiger partial charge in [0.1, 0.15) is 0 Å². The zero-order valence-corrected chi connectivity index (χ0v) is 12.5. The van der Waals surface area contributed by atoms with E-state index >= 15 is 0 Å². The summed E-state index contributed by atoms with van der Waals surface area (Å²) in [7, 11) is 0. The lowest BCUT2D eigenvalue weighted by Gasteiger charge is -2.36. The van der Waals surface area contributed by atoms with Gasteiger partial charge in [-0.15, -0.1) is 0 Å². The quantitative estimate of drug-likeness (QED) is 0.662. The van der Waals surface area contributed by atoms with Gasteiger partial charge in [-0.2, -0.15) is 0 Å². The molecule has 0 radical (unpaired) electrons. The average molecular weight is 270 g/mol. The Bertz CT molecular complexity index is 282. The van der Waals surface area contributed by atoms with Crippen molar-refractivity contribution in [3.63, 3.8) is 0 Å². The van der Waals surface area contributed by atoms with Crippen molar-refractivity contribution in [2.24, 2.45) is 11.1 Å². The molecule has 1 aliphatic rings. The summed E-state index contributed by atoms with van der Waals surface area (Å²) >= 11 is 0. The zero-order valence-electron chi connectivity index (χ0n) is 12.5. The number of aliphatic hydroxyl groups is 1. The molecule has 112 valence electrons. The largest absolute Gasteiger partial charge is 0.396 e. The highest BCUT2D eigenvalue weighted by Gasteiger charge is 2.36. The maximum Gasteiger partial charge on any atom is 0.240 e. The minimum Gasteiger partial charge on any atom is -0.396 e. The van der Waals surface area contributed by atoms with Crippen LogP contribution in [0.2, 0.25) is 0 Å². The average Bonchev–Trinajstić information content (AvgIpc) is 2.44. The van der Waals surface area contributed by atoms with Gasteiger partial charge in [0, 0.05) is 13.2 Å². The molecule has 0 aromatic rings. The number of aliphatic hydroxyl groups excluding tert-OH is 1. The molecule has 0 aromatic heterocycles. The van der Waals surface area contributed by atoms with Gasteiger partial charge in [-0.05, 0) is 37.5 Å². The van der Waals surface area contributed by atoms with E-state index in [0.29, 0.717) is 6.54 Å². The maximum absolute atomic E-state index is 12.3. The van der Waals surface area contributed by atoms with Crippen molar-refractivity contribution in [1.29, 1.82) is 0 Å². The molecular formula is C15H30N2O2. The van der Waals surface area contributed by atoms with Crippen molar-refractivity contribution in [3.8, 4) is 0 Å². The van der Waals surface area contributed by atoms with Crippen molar-refractivity contribution in [2.75, 3.05) is 13.2 Å². The maximum atomic E-state index is 12.3. The van der Waals surface area contributed by atoms with Crippen molar-refractivity contribution in [3.05, 3.63) is 0 Å². The minimum absolute atomic E-state index is 0.00332. The lowest BCUT2D eigenvalue weighted by atomic mass is 9.78. The SMILES string of the molecule is CCC(CC)(CCO)CNC(=O)C1(N)CCCCC1. The molecule has 0 unspecified atom stereocenters. The summed E-state index contributed by atoms with van der Waals surface area (Å²) in [5, 5.41) is 12.2. The van der Waals surface area contributed by atoms with Crippen molar-refractivity contribution in [2.45, 2.75) is 70.8 Å². The third-order valence-corrected chi connectivity index (χ3v) is 4.96. The van der Waals surface area contributed by atoms with Crippen LogP contribution in [0.1, 0.15) is 65.2 Å². The number of rotatable bonds is 7. The van der Waals surface area contributed by atoms with E-state index in [0.717, 1.165) is 44.9 Å². The number of carbonyl (C=O) groups excluding carboxylic acids is 1. The van der Waals surface area contributed by atoms with Crippen LogP contribution in [0.5, 0.6) is 0 Å². The molecule has 1 amide bonds. The molecule has 4 heteroatoms. The second-order valence-electron chi connectivity index (χ2n) is 6.08. The standard InChI is InChI=1S/C15H30N2O2/c1-3-14(4-2,10-11-18)12-17-13(19)15(16)8-6-5-7-9-15/h18H,3-12,16H2,1-2H3,(H,17,19). The van der Waals surface area contributed by atoms with Gasteiger partial charge in [-0.25, -0.2) is 0 Å². The molecule has 0 saturated heterocycles. The molecule has 1 rings (SSSR count). The van der Waals surface area contributed by atoms with Crippen LogP contribution in [-0.4, -0.2) is 29.7 Å². The summed E-state index contributed by atoms with van der Waals surface area (Å²) in [4.78, 5) is 12.3. The molecule has 19 heavy (non-hydrogen) atoms. The van der Waals surface area contributed by atoms with Gasteiger partial charge in [0.15, 0.2) is 0 Å². The zero-order chi connectivity index (χ0) is 14.4. The first-order valence-corrected chi connectivity index (χ1v) is 7.70. The smallest absolute Gasteiger partial charge is 0.240 e. The summed E-state index contributed by atoms with van der Waals surface area (Å²) in [6, 6.07) is 0. The van der Waals surface area contributed by atoms with Crippen molar-refractivity contribution >= 4 is 5.91 Å². The molecule has 1 fully saturated rings. The van der Waals surface area contributed by atoms with Gasteiger partial charge in [-0.1, -0.05) is 33.1 Å².